The van der Waals surface area contributed by atoms with Gasteiger partial charge in [-0.15, -0.1) is 0 Å². The van der Waals surface area contributed by atoms with E-state index in [0.717, 1.165) is 36.4 Å². The van der Waals surface area contributed by atoms with E-state index in [1.165, 1.54) is 11.1 Å². The summed E-state index contributed by atoms with van der Waals surface area (Å²) in [4.78, 5) is 14.6. The molecule has 0 spiro atoms. The Hall–Kier alpha value is -2.49. The maximum absolute atomic E-state index is 12.7. The number of rotatable bonds is 3. The molecule has 2 amide bonds. The van der Waals surface area contributed by atoms with Gasteiger partial charge in [-0.05, 0) is 67.6 Å². The van der Waals surface area contributed by atoms with Gasteiger partial charge in [0.1, 0.15) is 5.75 Å². The number of likely N-dealkylation sites (tertiary alicyclic amines) is 1. The molecule has 0 aliphatic carbocycles. The number of hydrogen-bond acceptors (Lipinski definition) is 2. The van der Waals surface area contributed by atoms with Gasteiger partial charge in [0.15, 0.2) is 0 Å². The van der Waals surface area contributed by atoms with Crippen molar-refractivity contribution < 1.29 is 9.53 Å². The van der Waals surface area contributed by atoms with Gasteiger partial charge < -0.3 is 15.0 Å². The number of hydrogen-bond donors (Lipinski definition) is 1. The summed E-state index contributed by atoms with van der Waals surface area (Å²) in [7, 11) is 1.66. The summed E-state index contributed by atoms with van der Waals surface area (Å²) in [6, 6.07) is 14.1. The molecular formula is C20H24N2O2. The molecule has 1 N–H and O–H groups in total. The minimum Gasteiger partial charge on any atom is -0.497 e. The topological polar surface area (TPSA) is 41.6 Å². The quantitative estimate of drug-likeness (QED) is 0.890. The van der Waals surface area contributed by atoms with Crippen molar-refractivity contribution in [3.05, 3.63) is 59.2 Å². The van der Waals surface area contributed by atoms with Gasteiger partial charge in [0.2, 0.25) is 0 Å². The van der Waals surface area contributed by atoms with Crippen LogP contribution in [0.4, 0.5) is 10.5 Å². The van der Waals surface area contributed by atoms with Crippen molar-refractivity contribution in [2.24, 2.45) is 0 Å². The zero-order valence-corrected chi connectivity index (χ0v) is 14.5. The van der Waals surface area contributed by atoms with Crippen LogP contribution in [0.5, 0.6) is 5.75 Å². The second-order valence-electron chi connectivity index (χ2n) is 6.35. The second kappa shape index (κ2) is 6.95. The lowest BCUT2D eigenvalue weighted by Crippen LogP contribution is -2.34. The van der Waals surface area contributed by atoms with Crippen LogP contribution < -0.4 is 10.1 Å². The van der Waals surface area contributed by atoms with Gasteiger partial charge >= 0.3 is 6.03 Å². The number of methoxy groups -OCH3 is 1. The molecule has 4 heteroatoms. The second-order valence-corrected chi connectivity index (χ2v) is 6.35. The molecule has 1 atom stereocenters. The monoisotopic (exact) mass is 324 g/mol. The molecular weight excluding hydrogens is 300 g/mol. The minimum absolute atomic E-state index is 0.0310. The summed E-state index contributed by atoms with van der Waals surface area (Å²) in [5.74, 6) is 0.836. The Balaban J connectivity index is 1.74. The van der Waals surface area contributed by atoms with Crippen molar-refractivity contribution in [2.45, 2.75) is 32.7 Å². The average Bonchev–Trinajstić information content (AvgIpc) is 3.08. The van der Waals surface area contributed by atoms with E-state index >= 15 is 0 Å². The van der Waals surface area contributed by atoms with Gasteiger partial charge in [0.25, 0.3) is 0 Å². The number of nitrogens with one attached hydrogen (secondary N) is 1. The lowest BCUT2D eigenvalue weighted by Gasteiger charge is -2.25. The summed E-state index contributed by atoms with van der Waals surface area (Å²) >= 11 is 0. The van der Waals surface area contributed by atoms with Crippen LogP contribution >= 0.6 is 0 Å². The molecule has 3 rings (SSSR count). The Morgan fingerprint density at radius 1 is 1.12 bits per heavy atom. The average molecular weight is 324 g/mol. The van der Waals surface area contributed by atoms with Gasteiger partial charge in [-0.3, -0.25) is 0 Å². The van der Waals surface area contributed by atoms with Crippen LogP contribution in [0.3, 0.4) is 0 Å². The van der Waals surface area contributed by atoms with Crippen LogP contribution in [0.25, 0.3) is 0 Å². The van der Waals surface area contributed by atoms with Crippen molar-refractivity contribution in [3.8, 4) is 5.75 Å². The van der Waals surface area contributed by atoms with Crippen molar-refractivity contribution in [2.75, 3.05) is 19.0 Å². The van der Waals surface area contributed by atoms with Gasteiger partial charge in [0, 0.05) is 12.2 Å². The number of carbonyl (C=O) groups is 1. The van der Waals surface area contributed by atoms with Crippen molar-refractivity contribution in [1.82, 2.24) is 4.90 Å². The van der Waals surface area contributed by atoms with E-state index in [2.05, 4.69) is 19.2 Å². The minimum atomic E-state index is -0.0310. The first-order chi connectivity index (χ1) is 11.6. The molecule has 0 radical (unpaired) electrons. The fraction of sp³-hybridized carbons (Fsp3) is 0.350. The molecule has 1 heterocycles. The number of carbonyl (C=O) groups excluding carboxylic acids is 1. The number of amides is 2. The third-order valence-corrected chi connectivity index (χ3v) is 4.77. The lowest BCUT2D eigenvalue weighted by molar-refractivity contribution is 0.207. The normalized spacial score (nSPS) is 17.0. The van der Waals surface area contributed by atoms with E-state index in [9.17, 15) is 4.79 Å². The van der Waals surface area contributed by atoms with Gasteiger partial charge in [-0.1, -0.05) is 18.2 Å². The molecule has 0 unspecified atom stereocenters. The van der Waals surface area contributed by atoms with E-state index in [-0.39, 0.29) is 12.1 Å². The summed E-state index contributed by atoms with van der Waals surface area (Å²) in [5.41, 5.74) is 4.42. The Kier molecular flexibility index (Phi) is 4.74. The third kappa shape index (κ3) is 3.37. The smallest absolute Gasteiger partial charge is 0.322 e. The zero-order valence-electron chi connectivity index (χ0n) is 14.5. The number of urea groups is 1. The van der Waals surface area contributed by atoms with E-state index in [4.69, 9.17) is 4.74 Å². The van der Waals surface area contributed by atoms with Crippen LogP contribution in [0.15, 0.2) is 42.5 Å². The largest absolute Gasteiger partial charge is 0.497 e. The molecule has 1 fully saturated rings. The number of nitrogens with zero attached hydrogens (tertiary/aromatic N) is 1. The first-order valence-electron chi connectivity index (χ1n) is 8.37. The predicted octanol–water partition coefficient (Wildman–Crippen LogP) is 4.68. The summed E-state index contributed by atoms with van der Waals surface area (Å²) < 4.78 is 5.21. The van der Waals surface area contributed by atoms with E-state index in [1.54, 1.807) is 7.11 Å². The first-order valence-corrected chi connectivity index (χ1v) is 8.37. The summed E-state index contributed by atoms with van der Waals surface area (Å²) in [6.07, 6.45) is 2.02. The number of benzene rings is 2. The molecule has 4 nitrogen and oxygen atoms in total. The molecule has 126 valence electrons. The maximum Gasteiger partial charge on any atom is 0.322 e. The molecule has 0 aromatic heterocycles. The highest BCUT2D eigenvalue weighted by Crippen LogP contribution is 2.33. The molecule has 2 aromatic carbocycles. The van der Waals surface area contributed by atoms with E-state index in [1.807, 2.05) is 47.4 Å². The molecule has 0 bridgehead atoms. The van der Waals surface area contributed by atoms with Gasteiger partial charge in [-0.2, -0.15) is 0 Å². The van der Waals surface area contributed by atoms with Gasteiger partial charge in [-0.25, -0.2) is 4.79 Å². The van der Waals surface area contributed by atoms with Crippen LogP contribution in [0, 0.1) is 13.8 Å². The molecule has 0 saturated carbocycles. The molecule has 1 aliphatic rings. The highest BCUT2D eigenvalue weighted by molar-refractivity contribution is 5.90. The van der Waals surface area contributed by atoms with Crippen molar-refractivity contribution >= 4 is 11.7 Å². The van der Waals surface area contributed by atoms with E-state index in [0.29, 0.717) is 0 Å². The van der Waals surface area contributed by atoms with Crippen LogP contribution in [0.2, 0.25) is 0 Å². The van der Waals surface area contributed by atoms with Crippen LogP contribution in [-0.4, -0.2) is 24.6 Å². The Morgan fingerprint density at radius 3 is 2.54 bits per heavy atom. The molecule has 24 heavy (non-hydrogen) atoms. The predicted molar refractivity (Wildman–Crippen MR) is 96.6 cm³/mol. The number of ether oxygens (including phenoxy) is 1. The number of anilines is 1. The van der Waals surface area contributed by atoms with Crippen molar-refractivity contribution in [3.63, 3.8) is 0 Å². The fourth-order valence-electron chi connectivity index (χ4n) is 3.20. The molecule has 1 aliphatic heterocycles. The van der Waals surface area contributed by atoms with Gasteiger partial charge in [0.05, 0.1) is 13.2 Å². The highest BCUT2D eigenvalue weighted by atomic mass is 16.5. The number of aryl methyl sites for hydroxylation is 2. The first kappa shape index (κ1) is 16.4. The molecule has 2 aromatic rings. The molecule has 1 saturated heterocycles. The fourth-order valence-corrected chi connectivity index (χ4v) is 3.20. The summed E-state index contributed by atoms with van der Waals surface area (Å²) in [5, 5.41) is 3.04. The third-order valence-electron chi connectivity index (χ3n) is 4.77. The SMILES string of the molecule is COc1ccc([C@@H]2CCCN2C(=O)Nc2ccc(C)c(C)c2)cc1. The zero-order chi connectivity index (χ0) is 17.1. The summed E-state index contributed by atoms with van der Waals surface area (Å²) in [6.45, 7) is 4.91. The van der Waals surface area contributed by atoms with Crippen molar-refractivity contribution in [1.29, 1.82) is 0 Å². The highest BCUT2D eigenvalue weighted by Gasteiger charge is 2.30. The standard InChI is InChI=1S/C20H24N2O2/c1-14-6-9-17(13-15(14)2)21-20(23)22-12-4-5-19(22)16-7-10-18(24-3)11-8-16/h6-11,13,19H,4-5,12H2,1-3H3,(H,21,23)/t19-/m0/s1. The Labute approximate surface area is 143 Å². The van der Waals surface area contributed by atoms with Crippen LogP contribution in [-0.2, 0) is 0 Å². The maximum atomic E-state index is 12.7. The van der Waals surface area contributed by atoms with Crippen LogP contribution in [0.1, 0.15) is 35.6 Å². The van der Waals surface area contributed by atoms with E-state index < -0.39 is 0 Å². The Morgan fingerprint density at radius 2 is 1.88 bits per heavy atom. The Bertz CT molecular complexity index is 725. The lowest BCUT2D eigenvalue weighted by atomic mass is 10.0.